The number of ether oxygens (including phenoxy) is 2. The summed E-state index contributed by atoms with van der Waals surface area (Å²) in [6.45, 7) is 2.12. The molecule has 0 aliphatic heterocycles. The molecule has 9 heteroatoms. The van der Waals surface area contributed by atoms with Crippen molar-refractivity contribution in [1.82, 2.24) is 14.7 Å². The second kappa shape index (κ2) is 12.1. The molecule has 4 aromatic rings. The molecule has 0 spiro atoms. The first-order chi connectivity index (χ1) is 18.4. The minimum atomic E-state index is -0.401. The first kappa shape index (κ1) is 26.4. The lowest BCUT2D eigenvalue weighted by Gasteiger charge is -2.23. The Balaban J connectivity index is 1.60. The number of halogens is 1. The lowest BCUT2D eigenvalue weighted by molar-refractivity contribution is -0.116. The smallest absolute Gasteiger partial charge is 0.258 e. The molecular weight excluding hydrogens is 487 g/mol. The van der Waals surface area contributed by atoms with E-state index in [-0.39, 0.29) is 18.3 Å². The summed E-state index contributed by atoms with van der Waals surface area (Å²) in [5.74, 6) is 0.198. The Morgan fingerprint density at radius 2 is 1.71 bits per heavy atom. The van der Waals surface area contributed by atoms with Crippen molar-refractivity contribution < 1.29 is 23.5 Å². The standard InChI is InChI=1S/C29H29FN4O4/c1-4-16-33(29(36)24-15-14-23(37-2)17-26(24)38-3)19-28(35)31-27-18-25(20-8-6-5-7-9-20)32-34(27)22-12-10-21(30)11-13-22/h5-15,17-18H,4,16,19H2,1-3H3,(H,31,35). The van der Waals surface area contributed by atoms with Gasteiger partial charge in [-0.15, -0.1) is 0 Å². The summed E-state index contributed by atoms with van der Waals surface area (Å²) in [7, 11) is 3.01. The van der Waals surface area contributed by atoms with Gasteiger partial charge in [0.15, 0.2) is 0 Å². The number of carbonyl (C=O) groups is 2. The molecular formula is C29H29FN4O4. The average molecular weight is 517 g/mol. The third kappa shape index (κ3) is 6.00. The number of nitrogens with zero attached hydrogens (tertiary/aromatic N) is 3. The van der Waals surface area contributed by atoms with Gasteiger partial charge < -0.3 is 19.7 Å². The third-order valence-electron chi connectivity index (χ3n) is 5.87. The van der Waals surface area contributed by atoms with E-state index >= 15 is 0 Å². The minimum absolute atomic E-state index is 0.183. The van der Waals surface area contributed by atoms with E-state index in [1.54, 1.807) is 36.4 Å². The lowest BCUT2D eigenvalue weighted by atomic mass is 10.1. The van der Waals surface area contributed by atoms with Crippen molar-refractivity contribution in [1.29, 1.82) is 0 Å². The number of anilines is 1. The van der Waals surface area contributed by atoms with Crippen LogP contribution in [0.5, 0.6) is 11.5 Å². The molecule has 38 heavy (non-hydrogen) atoms. The molecule has 196 valence electrons. The summed E-state index contributed by atoms with van der Waals surface area (Å²) in [5.41, 5.74) is 2.40. The van der Waals surface area contributed by atoms with Crippen LogP contribution in [0.1, 0.15) is 23.7 Å². The summed E-state index contributed by atoms with van der Waals surface area (Å²) < 4.78 is 25.7. The molecule has 0 aliphatic rings. The van der Waals surface area contributed by atoms with Crippen LogP contribution in [0.25, 0.3) is 16.9 Å². The predicted octanol–water partition coefficient (Wildman–Crippen LogP) is 5.19. The number of hydrogen-bond donors (Lipinski definition) is 1. The van der Waals surface area contributed by atoms with Crippen LogP contribution in [0, 0.1) is 5.82 Å². The number of methoxy groups -OCH3 is 2. The van der Waals surface area contributed by atoms with Crippen molar-refractivity contribution in [2.75, 3.05) is 32.6 Å². The Hall–Kier alpha value is -4.66. The number of hydrogen-bond acceptors (Lipinski definition) is 5. The van der Waals surface area contributed by atoms with E-state index in [0.717, 1.165) is 5.56 Å². The summed E-state index contributed by atoms with van der Waals surface area (Å²) in [4.78, 5) is 28.1. The van der Waals surface area contributed by atoms with E-state index in [1.807, 2.05) is 37.3 Å². The fourth-order valence-electron chi connectivity index (χ4n) is 4.02. The highest BCUT2D eigenvalue weighted by Gasteiger charge is 2.23. The molecule has 2 amide bonds. The third-order valence-corrected chi connectivity index (χ3v) is 5.87. The molecule has 0 saturated carbocycles. The van der Waals surface area contributed by atoms with Gasteiger partial charge in [0.05, 0.1) is 31.2 Å². The molecule has 1 N–H and O–H groups in total. The van der Waals surface area contributed by atoms with Gasteiger partial charge in [-0.25, -0.2) is 9.07 Å². The molecule has 0 fully saturated rings. The number of amides is 2. The van der Waals surface area contributed by atoms with Gasteiger partial charge in [-0.1, -0.05) is 37.3 Å². The highest BCUT2D eigenvalue weighted by molar-refractivity contribution is 6.01. The van der Waals surface area contributed by atoms with E-state index in [4.69, 9.17) is 9.47 Å². The zero-order chi connectivity index (χ0) is 27.1. The summed E-state index contributed by atoms with van der Waals surface area (Å²) in [6, 6.07) is 22.0. The Kier molecular flexibility index (Phi) is 8.37. The van der Waals surface area contributed by atoms with Crippen LogP contribution in [0.4, 0.5) is 10.2 Å². The van der Waals surface area contributed by atoms with E-state index < -0.39 is 5.91 Å². The molecule has 8 nitrogen and oxygen atoms in total. The second-order valence-corrected chi connectivity index (χ2v) is 8.51. The maximum absolute atomic E-state index is 13.6. The van der Waals surface area contributed by atoms with Crippen molar-refractivity contribution >= 4 is 17.6 Å². The maximum Gasteiger partial charge on any atom is 0.258 e. The van der Waals surface area contributed by atoms with Gasteiger partial charge in [0.2, 0.25) is 5.91 Å². The molecule has 3 aromatic carbocycles. The zero-order valence-electron chi connectivity index (χ0n) is 21.5. The topological polar surface area (TPSA) is 85.7 Å². The molecule has 0 bridgehead atoms. The summed E-state index contributed by atoms with van der Waals surface area (Å²) in [5, 5.41) is 7.52. The van der Waals surface area contributed by atoms with Crippen molar-refractivity contribution in [2.24, 2.45) is 0 Å². The summed E-state index contributed by atoms with van der Waals surface area (Å²) in [6.07, 6.45) is 0.656. The molecule has 1 aromatic heterocycles. The zero-order valence-corrected chi connectivity index (χ0v) is 21.5. The Bertz CT molecular complexity index is 1400. The van der Waals surface area contributed by atoms with Crippen LogP contribution in [-0.4, -0.2) is 53.8 Å². The van der Waals surface area contributed by atoms with Crippen LogP contribution < -0.4 is 14.8 Å². The number of carbonyl (C=O) groups excluding carboxylic acids is 2. The predicted molar refractivity (Wildman–Crippen MR) is 143 cm³/mol. The molecule has 1 heterocycles. The number of aromatic nitrogens is 2. The highest BCUT2D eigenvalue weighted by atomic mass is 19.1. The van der Waals surface area contributed by atoms with E-state index in [1.165, 1.54) is 35.9 Å². The van der Waals surface area contributed by atoms with Gasteiger partial charge in [0, 0.05) is 24.2 Å². The maximum atomic E-state index is 13.6. The quantitative estimate of drug-likeness (QED) is 0.314. The monoisotopic (exact) mass is 516 g/mol. The average Bonchev–Trinajstić information content (AvgIpc) is 3.36. The summed E-state index contributed by atoms with van der Waals surface area (Å²) >= 11 is 0. The normalized spacial score (nSPS) is 10.6. The second-order valence-electron chi connectivity index (χ2n) is 8.51. The molecule has 0 atom stereocenters. The molecule has 0 radical (unpaired) electrons. The lowest BCUT2D eigenvalue weighted by Crippen LogP contribution is -2.39. The molecule has 0 unspecified atom stereocenters. The SMILES string of the molecule is CCCN(CC(=O)Nc1cc(-c2ccccc2)nn1-c1ccc(F)cc1)C(=O)c1ccc(OC)cc1OC. The van der Waals surface area contributed by atoms with Gasteiger partial charge >= 0.3 is 0 Å². The van der Waals surface area contributed by atoms with Crippen molar-refractivity contribution in [3.8, 4) is 28.4 Å². The van der Waals surface area contributed by atoms with Gasteiger partial charge in [0.1, 0.15) is 29.7 Å². The van der Waals surface area contributed by atoms with Crippen molar-refractivity contribution in [3.05, 3.63) is 90.2 Å². The van der Waals surface area contributed by atoms with Crippen LogP contribution in [0.3, 0.4) is 0 Å². The van der Waals surface area contributed by atoms with Gasteiger partial charge in [-0.3, -0.25) is 9.59 Å². The Morgan fingerprint density at radius 1 is 0.974 bits per heavy atom. The van der Waals surface area contributed by atoms with E-state index in [2.05, 4.69) is 10.4 Å². The van der Waals surface area contributed by atoms with Crippen molar-refractivity contribution in [2.45, 2.75) is 13.3 Å². The minimum Gasteiger partial charge on any atom is -0.497 e. The highest BCUT2D eigenvalue weighted by Crippen LogP contribution is 2.27. The van der Waals surface area contributed by atoms with E-state index in [9.17, 15) is 14.0 Å². The number of benzene rings is 3. The van der Waals surface area contributed by atoms with Crippen LogP contribution in [0.15, 0.2) is 78.9 Å². The van der Waals surface area contributed by atoms with Gasteiger partial charge in [-0.05, 0) is 42.8 Å². The van der Waals surface area contributed by atoms with E-state index in [0.29, 0.717) is 47.2 Å². The largest absolute Gasteiger partial charge is 0.497 e. The molecule has 0 aliphatic carbocycles. The first-order valence-corrected chi connectivity index (χ1v) is 12.2. The Morgan fingerprint density at radius 3 is 2.37 bits per heavy atom. The van der Waals surface area contributed by atoms with Crippen LogP contribution in [-0.2, 0) is 4.79 Å². The molecule has 0 saturated heterocycles. The van der Waals surface area contributed by atoms with Gasteiger partial charge in [0.25, 0.3) is 5.91 Å². The van der Waals surface area contributed by atoms with Crippen molar-refractivity contribution in [3.63, 3.8) is 0 Å². The number of nitrogens with one attached hydrogen (secondary N) is 1. The Labute approximate surface area is 220 Å². The molecule has 4 rings (SSSR count). The van der Waals surface area contributed by atoms with Crippen LogP contribution >= 0.6 is 0 Å². The number of rotatable bonds is 10. The fourth-order valence-corrected chi connectivity index (χ4v) is 4.02. The van der Waals surface area contributed by atoms with Gasteiger partial charge in [-0.2, -0.15) is 5.10 Å². The fraction of sp³-hybridized carbons (Fsp3) is 0.207. The first-order valence-electron chi connectivity index (χ1n) is 12.2. The van der Waals surface area contributed by atoms with Crippen LogP contribution in [0.2, 0.25) is 0 Å².